The predicted molar refractivity (Wildman–Crippen MR) is 113 cm³/mol. The van der Waals surface area contributed by atoms with Gasteiger partial charge in [0.1, 0.15) is 11.9 Å². The lowest BCUT2D eigenvalue weighted by atomic mass is 9.44. The predicted octanol–water partition coefficient (Wildman–Crippen LogP) is 3.89. The molecule has 4 fully saturated rings. The summed E-state index contributed by atoms with van der Waals surface area (Å²) < 4.78 is 5.81. The summed E-state index contributed by atoms with van der Waals surface area (Å²) in [6.07, 6.45) is 5.58. The molecule has 4 aliphatic rings. The van der Waals surface area contributed by atoms with Crippen LogP contribution in [-0.2, 0) is 14.3 Å². The Morgan fingerprint density at radius 2 is 1.83 bits per heavy atom. The highest BCUT2D eigenvalue weighted by atomic mass is 16.5. The van der Waals surface area contributed by atoms with Crippen LogP contribution < -0.4 is 0 Å². The van der Waals surface area contributed by atoms with Crippen LogP contribution in [0.25, 0.3) is 0 Å². The third-order valence-corrected chi connectivity index (χ3v) is 9.89. The molecular formula is C25H40O5. The van der Waals surface area contributed by atoms with Crippen LogP contribution in [0.2, 0.25) is 0 Å². The van der Waals surface area contributed by atoms with E-state index in [0.29, 0.717) is 55.1 Å². The molecule has 5 nitrogen and oxygen atoms in total. The van der Waals surface area contributed by atoms with Crippen LogP contribution in [0.3, 0.4) is 0 Å². The molecule has 0 radical (unpaired) electrons. The fraction of sp³-hybridized carbons (Fsp3) is 0.920. The molecule has 10 atom stereocenters. The van der Waals surface area contributed by atoms with Gasteiger partial charge in [-0.15, -0.1) is 0 Å². The number of esters is 1. The zero-order valence-electron chi connectivity index (χ0n) is 19.1. The zero-order valence-corrected chi connectivity index (χ0v) is 19.1. The number of carbonyl (C=O) groups is 2. The molecule has 30 heavy (non-hydrogen) atoms. The molecule has 0 aromatic rings. The summed E-state index contributed by atoms with van der Waals surface area (Å²) in [6.45, 7) is 8.62. The Hall–Kier alpha value is -0.940. The lowest BCUT2D eigenvalue weighted by Crippen LogP contribution is -2.59. The summed E-state index contributed by atoms with van der Waals surface area (Å²) in [5, 5.41) is 20.6. The van der Waals surface area contributed by atoms with Crippen molar-refractivity contribution in [3.63, 3.8) is 0 Å². The van der Waals surface area contributed by atoms with Gasteiger partial charge in [-0.25, -0.2) is 0 Å². The van der Waals surface area contributed by atoms with Gasteiger partial charge in [-0.1, -0.05) is 20.8 Å². The molecule has 0 bridgehead atoms. The molecule has 0 amide bonds. The summed E-state index contributed by atoms with van der Waals surface area (Å²) >= 11 is 0. The van der Waals surface area contributed by atoms with Crippen LogP contribution in [0.5, 0.6) is 0 Å². The second-order valence-electron chi connectivity index (χ2n) is 11.4. The summed E-state index contributed by atoms with van der Waals surface area (Å²) in [5.74, 6) is 1.68. The smallest absolute Gasteiger partial charge is 0.306 e. The maximum atomic E-state index is 13.2. The zero-order chi connectivity index (χ0) is 21.8. The lowest BCUT2D eigenvalue weighted by molar-refractivity contribution is -0.175. The van der Waals surface area contributed by atoms with Gasteiger partial charge in [0.2, 0.25) is 0 Å². The van der Waals surface area contributed by atoms with Gasteiger partial charge >= 0.3 is 5.97 Å². The minimum absolute atomic E-state index is 0.0788. The van der Waals surface area contributed by atoms with Crippen molar-refractivity contribution in [3.8, 4) is 0 Å². The summed E-state index contributed by atoms with van der Waals surface area (Å²) in [6, 6.07) is 0. The molecule has 0 aliphatic heterocycles. The van der Waals surface area contributed by atoms with Crippen LogP contribution >= 0.6 is 0 Å². The van der Waals surface area contributed by atoms with Gasteiger partial charge in [0.25, 0.3) is 0 Å². The second-order valence-corrected chi connectivity index (χ2v) is 11.4. The van der Waals surface area contributed by atoms with E-state index >= 15 is 0 Å². The van der Waals surface area contributed by atoms with E-state index in [0.717, 1.165) is 32.1 Å². The first kappa shape index (κ1) is 22.3. The number of fused-ring (bicyclic) bond motifs is 5. The van der Waals surface area contributed by atoms with Crippen LogP contribution in [0.15, 0.2) is 0 Å². The van der Waals surface area contributed by atoms with E-state index in [-0.39, 0.29) is 28.8 Å². The van der Waals surface area contributed by atoms with Gasteiger partial charge < -0.3 is 14.9 Å². The van der Waals surface area contributed by atoms with E-state index < -0.39 is 12.2 Å². The quantitative estimate of drug-likeness (QED) is 0.674. The Bertz CT molecular complexity index is 691. The molecule has 0 aromatic heterocycles. The van der Waals surface area contributed by atoms with E-state index in [1.54, 1.807) is 0 Å². The normalized spacial score (nSPS) is 49.0. The number of aliphatic hydroxyl groups is 2. The van der Waals surface area contributed by atoms with Crippen molar-refractivity contribution < 1.29 is 24.5 Å². The van der Waals surface area contributed by atoms with Gasteiger partial charge in [0.15, 0.2) is 0 Å². The van der Waals surface area contributed by atoms with Gasteiger partial charge in [0, 0.05) is 24.7 Å². The second kappa shape index (κ2) is 7.88. The van der Waals surface area contributed by atoms with E-state index in [2.05, 4.69) is 20.8 Å². The van der Waals surface area contributed by atoms with Crippen molar-refractivity contribution in [2.45, 2.75) is 104 Å². The third kappa shape index (κ3) is 3.35. The van der Waals surface area contributed by atoms with E-state index in [1.165, 1.54) is 0 Å². The summed E-state index contributed by atoms with van der Waals surface area (Å²) in [7, 11) is 0. The number of rotatable bonds is 4. The van der Waals surface area contributed by atoms with E-state index in [4.69, 9.17) is 4.74 Å². The fourth-order valence-electron chi connectivity index (χ4n) is 8.44. The average Bonchev–Trinajstić information content (AvgIpc) is 3.02. The minimum Gasteiger partial charge on any atom is -0.462 e. The maximum Gasteiger partial charge on any atom is 0.306 e. The van der Waals surface area contributed by atoms with Crippen molar-refractivity contribution in [3.05, 3.63) is 0 Å². The number of carbonyl (C=O) groups excluding carboxylic acids is 2. The first-order valence-electron chi connectivity index (χ1n) is 12.2. The molecule has 170 valence electrons. The molecule has 4 aliphatic carbocycles. The van der Waals surface area contributed by atoms with Crippen molar-refractivity contribution in [2.24, 2.45) is 40.4 Å². The van der Waals surface area contributed by atoms with Crippen LogP contribution in [0.4, 0.5) is 0 Å². The van der Waals surface area contributed by atoms with E-state index in [9.17, 15) is 19.8 Å². The van der Waals surface area contributed by atoms with Crippen LogP contribution in [-0.4, -0.2) is 40.3 Å². The molecule has 4 saturated carbocycles. The number of Topliss-reactive ketones (excluding diaryl/α,β-unsaturated/α-hetero) is 1. The van der Waals surface area contributed by atoms with Crippen LogP contribution in [0.1, 0.15) is 85.5 Å². The monoisotopic (exact) mass is 420 g/mol. The first-order chi connectivity index (χ1) is 14.1. The Labute approximate surface area is 180 Å². The van der Waals surface area contributed by atoms with Gasteiger partial charge in [-0.05, 0) is 80.5 Å². The van der Waals surface area contributed by atoms with Gasteiger partial charge in [0.05, 0.1) is 12.2 Å². The minimum atomic E-state index is -0.771. The Balaban J connectivity index is 1.55. The van der Waals surface area contributed by atoms with Gasteiger partial charge in [-0.3, -0.25) is 9.59 Å². The number of aliphatic hydroxyl groups excluding tert-OH is 2. The molecule has 0 heterocycles. The van der Waals surface area contributed by atoms with Crippen LogP contribution in [0, 0.1) is 40.4 Å². The molecule has 0 aromatic carbocycles. The molecule has 4 rings (SSSR count). The van der Waals surface area contributed by atoms with Gasteiger partial charge in [-0.2, -0.15) is 0 Å². The Morgan fingerprint density at radius 3 is 2.53 bits per heavy atom. The molecule has 0 spiro atoms. The fourth-order valence-corrected chi connectivity index (χ4v) is 8.44. The summed E-state index contributed by atoms with van der Waals surface area (Å²) in [5.41, 5.74) is -0.110. The first-order valence-corrected chi connectivity index (χ1v) is 12.2. The molecule has 5 heteroatoms. The Morgan fingerprint density at radius 1 is 1.13 bits per heavy atom. The topological polar surface area (TPSA) is 83.8 Å². The van der Waals surface area contributed by atoms with Crippen molar-refractivity contribution >= 4 is 11.8 Å². The maximum absolute atomic E-state index is 13.2. The average molecular weight is 421 g/mol. The molecular weight excluding hydrogens is 380 g/mol. The number of hydrogen-bond donors (Lipinski definition) is 2. The standard InChI is InChI=1S/C25H40O5/c1-5-6-23(29)30-14(2)16-7-8-17-15-11-20(26)19-12-21(27)22(28)13-25(19,4)18(15)9-10-24(16,17)3/h14-19,21-22,27-28H,5-13H2,1-4H3/t14-,15+,16-,17+,18+,19-,21+,22-,24-,25-/m1/s1. The largest absolute Gasteiger partial charge is 0.462 e. The highest BCUT2D eigenvalue weighted by Gasteiger charge is 2.63. The van der Waals surface area contributed by atoms with Crippen molar-refractivity contribution in [1.82, 2.24) is 0 Å². The summed E-state index contributed by atoms with van der Waals surface area (Å²) in [4.78, 5) is 25.3. The molecule has 0 saturated heterocycles. The molecule has 0 unspecified atom stereocenters. The third-order valence-electron chi connectivity index (χ3n) is 9.89. The number of hydrogen-bond acceptors (Lipinski definition) is 5. The SMILES string of the molecule is CCCC(=O)O[C@H](C)[C@H]1CC[C@H]2[C@@H]3CC(=O)[C@H]4C[C@H](O)[C@H](O)C[C@]4(C)[C@H]3CC[C@]12C. The van der Waals surface area contributed by atoms with E-state index in [1.807, 2.05) is 6.92 Å². The molecule has 2 N–H and O–H groups in total. The highest BCUT2D eigenvalue weighted by Crippen LogP contribution is 2.67. The lowest BCUT2D eigenvalue weighted by Gasteiger charge is -2.60. The number of ether oxygens (including phenoxy) is 1. The number of ketones is 1. The van der Waals surface area contributed by atoms with Crippen molar-refractivity contribution in [2.75, 3.05) is 0 Å². The Kier molecular flexibility index (Phi) is 5.85. The van der Waals surface area contributed by atoms with Crippen molar-refractivity contribution in [1.29, 1.82) is 0 Å². The highest BCUT2D eigenvalue weighted by molar-refractivity contribution is 5.83.